The third-order valence-electron chi connectivity index (χ3n) is 5.78. The SMILES string of the molecule is CC(=O)NCc1ccc(-c2csc(NC(=O)c3ccc(N4CCc5ccccc5C4)cc3)n2)o1. The molecule has 0 fully saturated rings. The number of rotatable bonds is 6. The summed E-state index contributed by atoms with van der Waals surface area (Å²) < 4.78 is 5.73. The Bertz CT molecular complexity index is 1330. The summed E-state index contributed by atoms with van der Waals surface area (Å²) in [7, 11) is 0. The summed E-state index contributed by atoms with van der Waals surface area (Å²) in [4.78, 5) is 30.6. The van der Waals surface area contributed by atoms with Crippen LogP contribution < -0.4 is 15.5 Å². The lowest BCUT2D eigenvalue weighted by Gasteiger charge is -2.30. The van der Waals surface area contributed by atoms with E-state index in [1.165, 1.54) is 29.4 Å². The number of carbonyl (C=O) groups is 2. The molecule has 0 bridgehead atoms. The molecule has 2 N–H and O–H groups in total. The first-order valence-corrected chi connectivity index (χ1v) is 12.0. The Hall–Kier alpha value is -3.91. The van der Waals surface area contributed by atoms with E-state index in [1.807, 2.05) is 29.6 Å². The summed E-state index contributed by atoms with van der Waals surface area (Å²) in [6, 6.07) is 19.8. The molecule has 0 saturated carbocycles. The molecule has 1 aliphatic heterocycles. The van der Waals surface area contributed by atoms with E-state index in [0.717, 1.165) is 25.2 Å². The molecule has 0 aliphatic carbocycles. The van der Waals surface area contributed by atoms with Crippen LogP contribution in [0.5, 0.6) is 0 Å². The van der Waals surface area contributed by atoms with Crippen LogP contribution in [-0.4, -0.2) is 23.3 Å². The fraction of sp³-hybridized carbons (Fsp3) is 0.192. The van der Waals surface area contributed by atoms with Crippen molar-refractivity contribution in [3.05, 3.63) is 88.5 Å². The molecule has 2 aromatic heterocycles. The maximum Gasteiger partial charge on any atom is 0.257 e. The third kappa shape index (κ3) is 4.87. The summed E-state index contributed by atoms with van der Waals surface area (Å²) in [5, 5.41) is 7.88. The highest BCUT2D eigenvalue weighted by Crippen LogP contribution is 2.28. The molecule has 3 heterocycles. The second-order valence-electron chi connectivity index (χ2n) is 8.15. The van der Waals surface area contributed by atoms with Gasteiger partial charge in [-0.3, -0.25) is 14.9 Å². The zero-order valence-electron chi connectivity index (χ0n) is 18.7. The molecule has 4 aromatic rings. The Morgan fingerprint density at radius 2 is 1.85 bits per heavy atom. The van der Waals surface area contributed by atoms with Gasteiger partial charge in [0.15, 0.2) is 10.9 Å². The monoisotopic (exact) mass is 472 g/mol. The average Bonchev–Trinajstić information content (AvgIpc) is 3.52. The van der Waals surface area contributed by atoms with Crippen molar-refractivity contribution in [2.45, 2.75) is 26.4 Å². The Kier molecular flexibility index (Phi) is 6.14. The molecule has 0 radical (unpaired) electrons. The van der Waals surface area contributed by atoms with E-state index >= 15 is 0 Å². The number of anilines is 2. The first-order valence-electron chi connectivity index (χ1n) is 11.1. The molecule has 5 rings (SSSR count). The fourth-order valence-corrected chi connectivity index (χ4v) is 4.67. The predicted molar refractivity (Wildman–Crippen MR) is 133 cm³/mol. The van der Waals surface area contributed by atoms with Gasteiger partial charge in [-0.15, -0.1) is 11.3 Å². The highest BCUT2D eigenvalue weighted by Gasteiger charge is 2.17. The number of hydrogen-bond donors (Lipinski definition) is 2. The van der Waals surface area contributed by atoms with Gasteiger partial charge >= 0.3 is 0 Å². The van der Waals surface area contributed by atoms with Gasteiger partial charge in [0.25, 0.3) is 5.91 Å². The Morgan fingerprint density at radius 1 is 1.06 bits per heavy atom. The van der Waals surface area contributed by atoms with Crippen molar-refractivity contribution >= 4 is 34.0 Å². The smallest absolute Gasteiger partial charge is 0.257 e. The minimum atomic E-state index is -0.206. The van der Waals surface area contributed by atoms with E-state index in [4.69, 9.17) is 4.42 Å². The molecule has 2 aromatic carbocycles. The first-order chi connectivity index (χ1) is 16.5. The number of hydrogen-bond acceptors (Lipinski definition) is 6. The Labute approximate surface area is 201 Å². The summed E-state index contributed by atoms with van der Waals surface area (Å²) >= 11 is 1.33. The van der Waals surface area contributed by atoms with E-state index in [-0.39, 0.29) is 11.8 Å². The van der Waals surface area contributed by atoms with Gasteiger partial charge in [-0.25, -0.2) is 4.98 Å². The summed E-state index contributed by atoms with van der Waals surface area (Å²) in [6.07, 6.45) is 1.02. The summed E-state index contributed by atoms with van der Waals surface area (Å²) in [5.74, 6) is 0.902. The maximum atomic E-state index is 12.7. The highest BCUT2D eigenvalue weighted by atomic mass is 32.1. The van der Waals surface area contributed by atoms with Crippen LogP contribution >= 0.6 is 11.3 Å². The van der Waals surface area contributed by atoms with Gasteiger partial charge in [0.1, 0.15) is 11.5 Å². The lowest BCUT2D eigenvalue weighted by molar-refractivity contribution is -0.119. The lowest BCUT2D eigenvalue weighted by atomic mass is 9.99. The van der Waals surface area contributed by atoms with Crippen molar-refractivity contribution in [1.82, 2.24) is 10.3 Å². The molecule has 1 aliphatic rings. The quantitative estimate of drug-likeness (QED) is 0.419. The van der Waals surface area contributed by atoms with E-state index in [0.29, 0.717) is 34.5 Å². The van der Waals surface area contributed by atoms with Crippen molar-refractivity contribution < 1.29 is 14.0 Å². The van der Waals surface area contributed by atoms with E-state index < -0.39 is 0 Å². The highest BCUT2D eigenvalue weighted by molar-refractivity contribution is 7.14. The normalized spacial score (nSPS) is 12.8. The second kappa shape index (κ2) is 9.52. The molecular weight excluding hydrogens is 448 g/mol. The molecule has 8 heteroatoms. The molecule has 7 nitrogen and oxygen atoms in total. The van der Waals surface area contributed by atoms with Gasteiger partial charge in [-0.1, -0.05) is 24.3 Å². The Balaban J connectivity index is 1.21. The van der Waals surface area contributed by atoms with Gasteiger partial charge in [0.05, 0.1) is 6.54 Å². The largest absolute Gasteiger partial charge is 0.458 e. The van der Waals surface area contributed by atoms with Crippen molar-refractivity contribution in [2.75, 3.05) is 16.8 Å². The van der Waals surface area contributed by atoms with Crippen LogP contribution in [0.1, 0.15) is 34.2 Å². The van der Waals surface area contributed by atoms with Gasteiger partial charge in [0, 0.05) is 36.6 Å². The average molecular weight is 473 g/mol. The van der Waals surface area contributed by atoms with Crippen LogP contribution in [-0.2, 0) is 24.3 Å². The standard InChI is InChI=1S/C26H24N4O3S/c1-17(31)27-14-22-10-11-24(33-22)23-16-34-26(28-23)29-25(32)19-6-8-21(9-7-19)30-13-12-18-4-2-3-5-20(18)15-30/h2-11,16H,12-15H2,1H3,(H,27,31)(H,28,29,32). The summed E-state index contributed by atoms with van der Waals surface area (Å²) in [6.45, 7) is 3.62. The number of thiazole rings is 1. The van der Waals surface area contributed by atoms with Gasteiger partial charge in [0.2, 0.25) is 5.91 Å². The van der Waals surface area contributed by atoms with Crippen LogP contribution in [0.15, 0.2) is 70.5 Å². The molecule has 34 heavy (non-hydrogen) atoms. The van der Waals surface area contributed by atoms with Crippen molar-refractivity contribution in [1.29, 1.82) is 0 Å². The van der Waals surface area contributed by atoms with Gasteiger partial charge < -0.3 is 14.6 Å². The van der Waals surface area contributed by atoms with Crippen molar-refractivity contribution in [3.63, 3.8) is 0 Å². The Morgan fingerprint density at radius 3 is 2.65 bits per heavy atom. The van der Waals surface area contributed by atoms with Crippen LogP contribution in [0, 0.1) is 0 Å². The van der Waals surface area contributed by atoms with Crippen molar-refractivity contribution in [3.8, 4) is 11.5 Å². The molecule has 172 valence electrons. The number of nitrogens with zero attached hydrogens (tertiary/aromatic N) is 2. The lowest BCUT2D eigenvalue weighted by Crippen LogP contribution is -2.30. The minimum Gasteiger partial charge on any atom is -0.458 e. The van der Waals surface area contributed by atoms with Crippen LogP contribution in [0.4, 0.5) is 10.8 Å². The summed E-state index contributed by atoms with van der Waals surface area (Å²) in [5.41, 5.74) is 5.09. The molecule has 0 atom stereocenters. The topological polar surface area (TPSA) is 87.5 Å². The van der Waals surface area contributed by atoms with Gasteiger partial charge in [-0.05, 0) is 53.9 Å². The van der Waals surface area contributed by atoms with Gasteiger partial charge in [-0.2, -0.15) is 0 Å². The van der Waals surface area contributed by atoms with Crippen molar-refractivity contribution in [2.24, 2.45) is 0 Å². The van der Waals surface area contributed by atoms with Crippen LogP contribution in [0.3, 0.4) is 0 Å². The first kappa shape index (κ1) is 21.9. The third-order valence-corrected chi connectivity index (χ3v) is 6.53. The number of carbonyl (C=O) groups excluding carboxylic acids is 2. The van der Waals surface area contributed by atoms with E-state index in [2.05, 4.69) is 44.8 Å². The molecule has 2 amide bonds. The van der Waals surface area contributed by atoms with E-state index in [9.17, 15) is 9.59 Å². The number of nitrogens with one attached hydrogen (secondary N) is 2. The molecule has 0 saturated heterocycles. The predicted octanol–water partition coefficient (Wildman–Crippen LogP) is 4.85. The van der Waals surface area contributed by atoms with Crippen LogP contribution in [0.2, 0.25) is 0 Å². The number of furan rings is 1. The molecule has 0 spiro atoms. The zero-order chi connectivity index (χ0) is 23.5. The second-order valence-corrected chi connectivity index (χ2v) is 9.01. The van der Waals surface area contributed by atoms with E-state index in [1.54, 1.807) is 12.1 Å². The number of fused-ring (bicyclic) bond motifs is 1. The zero-order valence-corrected chi connectivity index (χ0v) is 19.5. The number of benzene rings is 2. The number of amides is 2. The molecule has 0 unspecified atom stereocenters. The fourth-order valence-electron chi connectivity index (χ4n) is 3.98. The minimum absolute atomic E-state index is 0.120. The maximum absolute atomic E-state index is 12.7. The van der Waals surface area contributed by atoms with Crippen LogP contribution in [0.25, 0.3) is 11.5 Å². The number of aromatic nitrogens is 1. The molecular formula is C26H24N4O3S.